The van der Waals surface area contributed by atoms with Crippen molar-refractivity contribution in [3.05, 3.63) is 30.1 Å². The minimum absolute atomic E-state index is 0.342. The Hall–Kier alpha value is -2.11. The first-order valence-electron chi connectivity index (χ1n) is 5.25. The molecule has 0 unspecified atom stereocenters. The highest BCUT2D eigenvalue weighted by atomic mass is 16.4. The number of amides is 1. The van der Waals surface area contributed by atoms with E-state index in [1.807, 2.05) is 0 Å². The first kappa shape index (κ1) is 11.4. The lowest BCUT2D eigenvalue weighted by molar-refractivity contribution is -0.142. The molecule has 1 aromatic rings. The first-order chi connectivity index (χ1) is 8.11. The highest BCUT2D eigenvalue weighted by molar-refractivity contribution is 5.80. The molecule has 2 rings (SSSR count). The molecule has 0 bridgehead atoms. The summed E-state index contributed by atoms with van der Waals surface area (Å²) in [4.78, 5) is 27.0. The standard InChI is InChI=1S/C11H12N2O4/c14-10(15)9-2-1-8(13(9)11(16)17)7-3-5-12-6-4-7/h3-6,8-9H,1-2H2,(H,14,15)(H,16,17)/t8-,9+/m1/s1. The van der Waals surface area contributed by atoms with Gasteiger partial charge in [-0.25, -0.2) is 9.59 Å². The van der Waals surface area contributed by atoms with E-state index in [1.165, 1.54) is 0 Å². The maximum Gasteiger partial charge on any atom is 0.408 e. The molecular weight excluding hydrogens is 224 g/mol. The van der Waals surface area contributed by atoms with E-state index in [4.69, 9.17) is 10.2 Å². The third kappa shape index (κ3) is 2.06. The average Bonchev–Trinajstić information content (AvgIpc) is 2.74. The number of nitrogens with zero attached hydrogens (tertiary/aromatic N) is 2. The van der Waals surface area contributed by atoms with Crippen molar-refractivity contribution < 1.29 is 19.8 Å². The molecule has 6 nitrogen and oxygen atoms in total. The van der Waals surface area contributed by atoms with Crippen molar-refractivity contribution in [3.8, 4) is 0 Å². The summed E-state index contributed by atoms with van der Waals surface area (Å²) in [5.41, 5.74) is 0.783. The fourth-order valence-corrected chi connectivity index (χ4v) is 2.23. The third-order valence-corrected chi connectivity index (χ3v) is 2.98. The van der Waals surface area contributed by atoms with E-state index < -0.39 is 24.1 Å². The molecule has 0 aromatic carbocycles. The molecule has 1 fully saturated rings. The van der Waals surface area contributed by atoms with Gasteiger partial charge in [-0.2, -0.15) is 0 Å². The Bertz CT molecular complexity index is 434. The number of pyridine rings is 1. The molecule has 0 saturated carbocycles. The van der Waals surface area contributed by atoms with Crippen LogP contribution in [0.2, 0.25) is 0 Å². The van der Waals surface area contributed by atoms with E-state index in [9.17, 15) is 9.59 Å². The van der Waals surface area contributed by atoms with Gasteiger partial charge in [-0.1, -0.05) is 0 Å². The molecule has 1 aromatic heterocycles. The lowest BCUT2D eigenvalue weighted by Crippen LogP contribution is -2.40. The number of carbonyl (C=O) groups is 2. The van der Waals surface area contributed by atoms with Crippen LogP contribution >= 0.6 is 0 Å². The maximum atomic E-state index is 11.1. The van der Waals surface area contributed by atoms with Crippen LogP contribution in [0, 0.1) is 0 Å². The van der Waals surface area contributed by atoms with Crippen LogP contribution in [0.25, 0.3) is 0 Å². The Kier molecular flexibility index (Phi) is 2.95. The molecule has 0 aliphatic carbocycles. The van der Waals surface area contributed by atoms with Gasteiger partial charge in [0.15, 0.2) is 0 Å². The zero-order valence-corrected chi connectivity index (χ0v) is 8.98. The van der Waals surface area contributed by atoms with E-state index in [-0.39, 0.29) is 0 Å². The van der Waals surface area contributed by atoms with Crippen LogP contribution in [0.4, 0.5) is 4.79 Å². The topological polar surface area (TPSA) is 90.7 Å². The quantitative estimate of drug-likeness (QED) is 0.808. The van der Waals surface area contributed by atoms with Crippen LogP contribution < -0.4 is 0 Å². The molecule has 1 aliphatic rings. The largest absolute Gasteiger partial charge is 0.480 e. The van der Waals surface area contributed by atoms with Gasteiger partial charge in [-0.05, 0) is 30.5 Å². The Morgan fingerprint density at radius 3 is 2.41 bits per heavy atom. The smallest absolute Gasteiger partial charge is 0.408 e. The van der Waals surface area contributed by atoms with Gasteiger partial charge in [0.25, 0.3) is 0 Å². The molecule has 2 N–H and O–H groups in total. The predicted molar refractivity (Wildman–Crippen MR) is 57.5 cm³/mol. The number of hydrogen-bond acceptors (Lipinski definition) is 3. The summed E-state index contributed by atoms with van der Waals surface area (Å²) in [7, 11) is 0. The van der Waals surface area contributed by atoms with E-state index in [0.29, 0.717) is 12.8 Å². The molecule has 17 heavy (non-hydrogen) atoms. The second-order valence-corrected chi connectivity index (χ2v) is 3.92. The number of carboxylic acid groups (broad SMARTS) is 2. The summed E-state index contributed by atoms with van der Waals surface area (Å²) in [6.07, 6.45) is 2.81. The average molecular weight is 236 g/mol. The van der Waals surface area contributed by atoms with E-state index in [0.717, 1.165) is 10.5 Å². The third-order valence-electron chi connectivity index (χ3n) is 2.98. The van der Waals surface area contributed by atoms with Crippen LogP contribution in [0.5, 0.6) is 0 Å². The lowest BCUT2D eigenvalue weighted by atomic mass is 10.1. The Labute approximate surface area is 97.5 Å². The van der Waals surface area contributed by atoms with Crippen molar-refractivity contribution in [1.29, 1.82) is 0 Å². The van der Waals surface area contributed by atoms with Gasteiger partial charge < -0.3 is 10.2 Å². The number of hydrogen-bond donors (Lipinski definition) is 2. The van der Waals surface area contributed by atoms with E-state index in [1.54, 1.807) is 24.5 Å². The van der Waals surface area contributed by atoms with Crippen molar-refractivity contribution in [1.82, 2.24) is 9.88 Å². The normalized spacial score (nSPS) is 23.6. The molecule has 1 amide bonds. The first-order valence-corrected chi connectivity index (χ1v) is 5.25. The molecule has 2 heterocycles. The summed E-state index contributed by atoms with van der Waals surface area (Å²) in [5, 5.41) is 18.1. The molecule has 90 valence electrons. The summed E-state index contributed by atoms with van der Waals surface area (Å²) in [6.45, 7) is 0. The Morgan fingerprint density at radius 1 is 1.24 bits per heavy atom. The van der Waals surface area contributed by atoms with Gasteiger partial charge >= 0.3 is 12.1 Å². The van der Waals surface area contributed by atoms with Crippen molar-refractivity contribution in [2.45, 2.75) is 24.9 Å². The number of rotatable bonds is 2. The van der Waals surface area contributed by atoms with Crippen LogP contribution in [0.3, 0.4) is 0 Å². The number of aromatic nitrogens is 1. The fraction of sp³-hybridized carbons (Fsp3) is 0.364. The lowest BCUT2D eigenvalue weighted by Gasteiger charge is -2.25. The van der Waals surface area contributed by atoms with E-state index in [2.05, 4.69) is 4.98 Å². The SMILES string of the molecule is O=C(O)[C@@H]1CC[C@H](c2ccncc2)N1C(=O)O. The summed E-state index contributed by atoms with van der Waals surface area (Å²) < 4.78 is 0. The molecule has 2 atom stereocenters. The van der Waals surface area contributed by atoms with Gasteiger partial charge in [0.2, 0.25) is 0 Å². The van der Waals surface area contributed by atoms with Crippen molar-refractivity contribution in [2.24, 2.45) is 0 Å². The van der Waals surface area contributed by atoms with E-state index >= 15 is 0 Å². The summed E-state index contributed by atoms with van der Waals surface area (Å²) in [6, 6.07) is 2.08. The molecular formula is C11H12N2O4. The Balaban J connectivity index is 2.30. The molecule has 0 radical (unpaired) electrons. The summed E-state index contributed by atoms with van der Waals surface area (Å²) in [5.74, 6) is -1.09. The number of aliphatic carboxylic acids is 1. The highest BCUT2D eigenvalue weighted by Gasteiger charge is 2.41. The van der Waals surface area contributed by atoms with Crippen molar-refractivity contribution in [2.75, 3.05) is 0 Å². The minimum Gasteiger partial charge on any atom is -0.480 e. The van der Waals surface area contributed by atoms with Crippen LogP contribution in [-0.4, -0.2) is 38.2 Å². The fourth-order valence-electron chi connectivity index (χ4n) is 2.23. The van der Waals surface area contributed by atoms with Gasteiger partial charge in [-0.15, -0.1) is 0 Å². The number of carboxylic acids is 1. The van der Waals surface area contributed by atoms with Crippen LogP contribution in [0.1, 0.15) is 24.4 Å². The molecule has 0 spiro atoms. The minimum atomic E-state index is -1.20. The van der Waals surface area contributed by atoms with Gasteiger partial charge in [0, 0.05) is 12.4 Å². The van der Waals surface area contributed by atoms with Crippen LogP contribution in [0.15, 0.2) is 24.5 Å². The van der Waals surface area contributed by atoms with Crippen molar-refractivity contribution in [3.63, 3.8) is 0 Å². The molecule has 1 aliphatic heterocycles. The second-order valence-electron chi connectivity index (χ2n) is 3.92. The summed E-state index contributed by atoms with van der Waals surface area (Å²) >= 11 is 0. The molecule has 6 heteroatoms. The predicted octanol–water partition coefficient (Wildman–Crippen LogP) is 1.35. The van der Waals surface area contributed by atoms with Gasteiger partial charge in [0.1, 0.15) is 6.04 Å². The van der Waals surface area contributed by atoms with Gasteiger partial charge in [-0.3, -0.25) is 9.88 Å². The number of likely N-dealkylation sites (tertiary alicyclic amines) is 1. The second kappa shape index (κ2) is 4.40. The van der Waals surface area contributed by atoms with Crippen LogP contribution in [-0.2, 0) is 4.79 Å². The van der Waals surface area contributed by atoms with Crippen molar-refractivity contribution >= 4 is 12.1 Å². The highest BCUT2D eigenvalue weighted by Crippen LogP contribution is 2.35. The monoisotopic (exact) mass is 236 g/mol. The zero-order chi connectivity index (χ0) is 12.4. The Morgan fingerprint density at radius 2 is 1.88 bits per heavy atom. The maximum absolute atomic E-state index is 11.1. The van der Waals surface area contributed by atoms with Gasteiger partial charge in [0.05, 0.1) is 6.04 Å². The zero-order valence-electron chi connectivity index (χ0n) is 8.98. The molecule has 1 saturated heterocycles.